The first kappa shape index (κ1) is 44.5. The molecule has 0 saturated heterocycles. The van der Waals surface area contributed by atoms with Gasteiger partial charge in [-0.3, -0.25) is 13.7 Å². The van der Waals surface area contributed by atoms with E-state index in [2.05, 4.69) is 138 Å². The van der Waals surface area contributed by atoms with Crippen LogP contribution >= 0.6 is 0 Å². The molecule has 0 fully saturated rings. The molecule has 3 aromatic heterocycles. The van der Waals surface area contributed by atoms with E-state index >= 15 is 0 Å². The minimum Gasteiger partial charge on any atom is -0.458 e. The second-order valence-corrected chi connectivity index (χ2v) is 30.5. The number of fused-ring (bicyclic) bond motifs is 4. The molecule has 14 aromatic rings. The standard InChI is InChI=1S/C93H90N4O/c1-60-43-87(94-58-82(60)63-33-24-19-25-34-63)97-83-38-27-26-37-78(83)79-41-40-77(57-85(79)97)98-76-36-28-35-75(56-76)95-59-96(84-42-39-64(51-86(84)95)67-47-70(89(2,3)4)52-71(48-67)90(5,6)7)88-80(68-45-65(61-29-20-17-21-30-61)44-66(46-68)62-31-22-18-23-32-62)54-74(93(14,15)16)55-81(88)69-49-72(91(8,9)10)53-73(50-69)92(11,12)13/h17-58H,1-16H3/i1D3,17D,18D,19D,20D,21D,22D,23D,24D,25D,29D,30D,31D,32D,33D,34D,44D,45D,46D. The van der Waals surface area contributed by atoms with Crippen molar-refractivity contribution in [1.29, 1.82) is 0 Å². The Morgan fingerprint density at radius 2 is 0.908 bits per heavy atom. The summed E-state index contributed by atoms with van der Waals surface area (Å²) < 4.78 is 205. The molecule has 0 N–H and O–H groups in total. The number of aryl methyl sites for hydroxylation is 1. The minimum absolute atomic E-state index is 0.139. The molecule has 0 aliphatic rings. The third kappa shape index (κ3) is 12.7. The van der Waals surface area contributed by atoms with Gasteiger partial charge in [0.15, 0.2) is 0 Å². The lowest BCUT2D eigenvalue weighted by Crippen LogP contribution is -2.32. The minimum atomic E-state index is -2.86. The van der Waals surface area contributed by atoms with Crippen molar-refractivity contribution in [1.82, 2.24) is 14.1 Å². The van der Waals surface area contributed by atoms with Gasteiger partial charge in [0.05, 0.1) is 58.1 Å². The van der Waals surface area contributed by atoms with E-state index in [9.17, 15) is 9.60 Å². The summed E-state index contributed by atoms with van der Waals surface area (Å²) in [5.41, 5.74) is 5.58. The molecule has 0 amide bonds. The van der Waals surface area contributed by atoms with Gasteiger partial charge in [0.2, 0.25) is 0 Å². The molecule has 0 unspecified atom stereocenters. The van der Waals surface area contributed by atoms with Gasteiger partial charge in [0.1, 0.15) is 17.3 Å². The maximum atomic E-state index is 10.8. The van der Waals surface area contributed by atoms with E-state index in [4.69, 9.17) is 28.9 Å². The number of hydrogen-bond acceptors (Lipinski definition) is 2. The van der Waals surface area contributed by atoms with Crippen molar-refractivity contribution >= 4 is 32.8 Å². The summed E-state index contributed by atoms with van der Waals surface area (Å²) in [6, 6.07) is 32.0. The van der Waals surface area contributed by atoms with Crippen molar-refractivity contribution in [2.75, 3.05) is 0 Å². The van der Waals surface area contributed by atoms with Crippen LogP contribution in [0.4, 0.5) is 0 Å². The Labute approximate surface area is 610 Å². The third-order valence-electron chi connectivity index (χ3n) is 18.2. The second-order valence-electron chi connectivity index (χ2n) is 30.5. The number of pyridine rings is 1. The molecule has 0 aliphatic heterocycles. The molecule has 488 valence electrons. The van der Waals surface area contributed by atoms with Crippen LogP contribution in [-0.2, 0) is 27.1 Å². The van der Waals surface area contributed by atoms with Crippen LogP contribution in [0.25, 0.3) is 117 Å². The maximum absolute atomic E-state index is 10.8. The second kappa shape index (κ2) is 24.6. The lowest BCUT2D eigenvalue weighted by molar-refractivity contribution is -0.571. The highest BCUT2D eigenvalue weighted by molar-refractivity contribution is 6.09. The molecular formula is C93H90N4O. The smallest absolute Gasteiger partial charge is 0.269 e. The molecule has 0 bridgehead atoms. The van der Waals surface area contributed by atoms with E-state index < -0.39 is 154 Å². The Balaban J connectivity index is 1.09. The van der Waals surface area contributed by atoms with Crippen molar-refractivity contribution < 1.29 is 38.1 Å². The SMILES string of the molecule is [2H]c1c([2H])c([2H])c(-c2cnc(-n3c4ccccc4c4ccc(Oc5cccc(-n6[c-][n+](-c7c(-c8cc(C(C)(C)C)cc(C(C)(C)C)c8)cc(C(C)(C)C)cc7-c7c([2H])c(-c8c([2H])c([2H])c([2H])c([2H])c8[2H])c([2H])c(-c8c([2H])c([2H])c([2H])c([2H])c8[2H])c7[2H])c7ccc(-c8cc(C(C)(C)C)cc(C(C)(C)C)c8)cc76)c5)cc43)cc2C([2H])([2H])[2H])c([2H])c1[2H]. The third-order valence-corrected chi connectivity index (χ3v) is 18.2. The van der Waals surface area contributed by atoms with Gasteiger partial charge in [-0.2, -0.15) is 0 Å². The van der Waals surface area contributed by atoms with Crippen molar-refractivity contribution in [3.05, 3.63) is 294 Å². The van der Waals surface area contributed by atoms with Crippen molar-refractivity contribution in [2.24, 2.45) is 0 Å². The summed E-state index contributed by atoms with van der Waals surface area (Å²) in [7, 11) is 0. The predicted octanol–water partition coefficient (Wildman–Crippen LogP) is 24.8. The average Bonchev–Trinajstić information content (AvgIpc) is 1.71. The highest BCUT2D eigenvalue weighted by atomic mass is 16.5. The monoisotopic (exact) mass is 1300 g/mol. The van der Waals surface area contributed by atoms with Gasteiger partial charge in [-0.1, -0.05) is 279 Å². The van der Waals surface area contributed by atoms with Gasteiger partial charge in [-0.05, 0) is 195 Å². The molecule has 5 nitrogen and oxygen atoms in total. The zero-order valence-electron chi connectivity index (χ0n) is 79.1. The van der Waals surface area contributed by atoms with Crippen molar-refractivity contribution in [3.63, 3.8) is 0 Å². The maximum Gasteiger partial charge on any atom is 0.269 e. The van der Waals surface area contributed by atoms with E-state index in [0.717, 1.165) is 44.2 Å². The first-order chi connectivity index (χ1) is 55.3. The highest BCUT2D eigenvalue weighted by Crippen LogP contribution is 2.46. The van der Waals surface area contributed by atoms with E-state index in [0.29, 0.717) is 61.6 Å². The Morgan fingerprint density at radius 3 is 1.48 bits per heavy atom. The lowest BCUT2D eigenvalue weighted by atomic mass is 9.77. The fraction of sp³-hybridized carbons (Fsp3) is 0.226. The molecule has 11 aromatic carbocycles. The summed E-state index contributed by atoms with van der Waals surface area (Å²) >= 11 is 0. The Bertz CT molecular complexity index is 6390. The quantitative estimate of drug-likeness (QED) is 0.0956. The largest absolute Gasteiger partial charge is 0.458 e. The number of rotatable bonds is 11. The molecule has 0 saturated carbocycles. The van der Waals surface area contributed by atoms with Gasteiger partial charge in [0, 0.05) is 32.7 Å². The van der Waals surface area contributed by atoms with Crippen LogP contribution in [0.1, 0.15) is 166 Å². The van der Waals surface area contributed by atoms with Crippen LogP contribution < -0.4 is 9.30 Å². The zero-order valence-corrected chi connectivity index (χ0v) is 58.1. The van der Waals surface area contributed by atoms with Gasteiger partial charge < -0.3 is 4.74 Å². The van der Waals surface area contributed by atoms with Crippen LogP contribution in [0.15, 0.2) is 254 Å². The van der Waals surface area contributed by atoms with Crippen molar-refractivity contribution in [3.8, 4) is 95.5 Å². The fourth-order valence-corrected chi connectivity index (χ4v) is 12.5. The summed E-state index contributed by atoms with van der Waals surface area (Å²) in [6.07, 6.45) is 5.05. The summed E-state index contributed by atoms with van der Waals surface area (Å²) in [4.78, 5) is 4.80. The Hall–Kier alpha value is -10.4. The Morgan fingerprint density at radius 1 is 0.398 bits per heavy atom. The number of aromatic nitrogens is 4. The molecule has 0 atom stereocenters. The lowest BCUT2D eigenvalue weighted by Gasteiger charge is -2.29. The van der Waals surface area contributed by atoms with Crippen LogP contribution in [0.5, 0.6) is 11.5 Å². The van der Waals surface area contributed by atoms with Gasteiger partial charge in [-0.15, -0.1) is 0 Å². The predicted molar refractivity (Wildman–Crippen MR) is 413 cm³/mol. The van der Waals surface area contributed by atoms with E-state index in [1.165, 1.54) is 12.3 Å². The number of nitrogens with zero attached hydrogens (tertiary/aromatic N) is 4. The zero-order chi connectivity index (χ0) is 87.0. The molecular weight excluding hydrogens is 1190 g/mol. The van der Waals surface area contributed by atoms with E-state index in [1.54, 1.807) is 10.6 Å². The molecule has 0 spiro atoms. The first-order valence-electron chi connectivity index (χ1n) is 43.5. The molecule has 3 heterocycles. The van der Waals surface area contributed by atoms with Crippen molar-refractivity contribution in [2.45, 2.75) is 138 Å². The molecule has 0 radical (unpaired) electrons. The van der Waals surface area contributed by atoms with Crippen LogP contribution in [0, 0.1) is 13.2 Å². The molecule has 98 heavy (non-hydrogen) atoms. The van der Waals surface area contributed by atoms with Crippen LogP contribution in [0.2, 0.25) is 0 Å². The number of benzene rings is 11. The van der Waals surface area contributed by atoms with Crippen LogP contribution in [0.3, 0.4) is 0 Å². The normalized spacial score (nSPS) is 15.6. The number of imidazole rings is 1. The average molecular weight is 1300 g/mol. The van der Waals surface area contributed by atoms with Gasteiger partial charge in [0.25, 0.3) is 6.33 Å². The van der Waals surface area contributed by atoms with Gasteiger partial charge >= 0.3 is 0 Å². The highest BCUT2D eigenvalue weighted by Gasteiger charge is 2.29. The summed E-state index contributed by atoms with van der Waals surface area (Å²) in [5.74, 6) is 0.852. The number of hydrogen-bond donors (Lipinski definition) is 0. The summed E-state index contributed by atoms with van der Waals surface area (Å²) in [6.45, 7) is 29.0. The molecule has 5 heteroatoms. The Kier molecular flexibility index (Phi) is 11.2. The summed E-state index contributed by atoms with van der Waals surface area (Å²) in [5, 5.41) is 1.54. The first-order valence-corrected chi connectivity index (χ1v) is 33.0. The fourth-order valence-electron chi connectivity index (χ4n) is 12.5. The topological polar surface area (TPSA) is 35.9 Å². The van der Waals surface area contributed by atoms with Gasteiger partial charge in [-0.25, -0.2) is 4.98 Å². The molecule has 0 aliphatic carbocycles. The van der Waals surface area contributed by atoms with E-state index in [1.807, 2.05) is 109 Å². The molecule has 14 rings (SSSR count). The van der Waals surface area contributed by atoms with Crippen LogP contribution in [-0.4, -0.2) is 14.1 Å². The number of ether oxygens (including phenoxy) is 1. The van der Waals surface area contributed by atoms with E-state index in [-0.39, 0.29) is 44.5 Å². The number of para-hydroxylation sites is 1.